The van der Waals surface area contributed by atoms with Gasteiger partial charge in [0.2, 0.25) is 0 Å². The van der Waals surface area contributed by atoms with Gasteiger partial charge in [-0.3, -0.25) is 10.6 Å². The van der Waals surface area contributed by atoms with Gasteiger partial charge in [0.15, 0.2) is 0 Å². The zero-order valence-corrected chi connectivity index (χ0v) is 11.2. The van der Waals surface area contributed by atoms with Crippen molar-refractivity contribution < 1.29 is 4.79 Å². The first-order valence-electron chi connectivity index (χ1n) is 6.70. The molecule has 0 saturated carbocycles. The number of nitrogens with one attached hydrogen (secondary N) is 1. The number of hydrazine groups is 1. The number of carbonyl (C=O) groups is 1. The molecule has 2 aromatic rings. The Morgan fingerprint density at radius 3 is 2.45 bits per heavy atom. The first-order valence-corrected chi connectivity index (χ1v) is 6.70. The molecule has 0 unspecified atom stereocenters. The highest BCUT2D eigenvalue weighted by Crippen LogP contribution is 2.20. The Morgan fingerprint density at radius 2 is 1.75 bits per heavy atom. The molecule has 0 atom stereocenters. The molecule has 0 aromatic heterocycles. The summed E-state index contributed by atoms with van der Waals surface area (Å²) >= 11 is 0. The van der Waals surface area contributed by atoms with Crippen LogP contribution >= 0.6 is 0 Å². The first kappa shape index (κ1) is 12.7. The normalized spacial score (nSPS) is 13.8. The van der Waals surface area contributed by atoms with Gasteiger partial charge in [-0.1, -0.05) is 24.3 Å². The molecule has 0 spiro atoms. The number of hydrogen-bond donors (Lipinski definition) is 2. The molecule has 1 aliphatic heterocycles. The van der Waals surface area contributed by atoms with Crippen LogP contribution in [-0.2, 0) is 13.0 Å². The summed E-state index contributed by atoms with van der Waals surface area (Å²) in [5.41, 5.74) is 6.64. The summed E-state index contributed by atoms with van der Waals surface area (Å²) in [5.74, 6) is 5.40. The van der Waals surface area contributed by atoms with Gasteiger partial charge in [-0.2, -0.15) is 0 Å². The minimum absolute atomic E-state index is 0.0723. The second-order valence-electron chi connectivity index (χ2n) is 4.97. The molecule has 4 heteroatoms. The van der Waals surface area contributed by atoms with Crippen molar-refractivity contribution in [3.05, 3.63) is 65.2 Å². The molecule has 0 radical (unpaired) electrons. The van der Waals surface area contributed by atoms with Gasteiger partial charge in [-0.05, 0) is 41.8 Å². The smallest absolute Gasteiger partial charge is 0.254 e. The van der Waals surface area contributed by atoms with Crippen molar-refractivity contribution in [1.29, 1.82) is 0 Å². The number of amides is 1. The van der Waals surface area contributed by atoms with Crippen LogP contribution in [0.4, 0.5) is 5.69 Å². The van der Waals surface area contributed by atoms with Crippen LogP contribution in [0.25, 0.3) is 0 Å². The Morgan fingerprint density at radius 1 is 1.05 bits per heavy atom. The molecule has 3 N–H and O–H groups in total. The topological polar surface area (TPSA) is 58.4 Å². The Kier molecular flexibility index (Phi) is 3.39. The third kappa shape index (κ3) is 2.38. The maximum atomic E-state index is 12.5. The summed E-state index contributed by atoms with van der Waals surface area (Å²) in [6.45, 7) is 1.46. The van der Waals surface area contributed by atoms with Crippen molar-refractivity contribution in [2.45, 2.75) is 13.0 Å². The number of rotatable bonds is 2. The summed E-state index contributed by atoms with van der Waals surface area (Å²) in [6.07, 6.45) is 0.921. The van der Waals surface area contributed by atoms with Crippen molar-refractivity contribution in [2.24, 2.45) is 5.84 Å². The average Bonchev–Trinajstić information content (AvgIpc) is 2.54. The lowest BCUT2D eigenvalue weighted by atomic mass is 9.99. The highest BCUT2D eigenvalue weighted by Gasteiger charge is 2.21. The summed E-state index contributed by atoms with van der Waals surface area (Å²) < 4.78 is 0. The van der Waals surface area contributed by atoms with E-state index in [2.05, 4.69) is 23.6 Å². The molecule has 0 saturated heterocycles. The lowest BCUT2D eigenvalue weighted by Gasteiger charge is -2.29. The third-order valence-electron chi connectivity index (χ3n) is 3.72. The van der Waals surface area contributed by atoms with E-state index in [-0.39, 0.29) is 5.91 Å². The van der Waals surface area contributed by atoms with E-state index >= 15 is 0 Å². The highest BCUT2D eigenvalue weighted by atomic mass is 16.2. The SMILES string of the molecule is NNc1ccc(C(=O)N2CCc3ccccc3C2)cc1. The van der Waals surface area contributed by atoms with Crippen LogP contribution in [0.1, 0.15) is 21.5 Å². The Labute approximate surface area is 118 Å². The van der Waals surface area contributed by atoms with Crippen molar-refractivity contribution in [1.82, 2.24) is 4.90 Å². The molecule has 3 rings (SSSR count). The van der Waals surface area contributed by atoms with Crippen LogP contribution in [0.2, 0.25) is 0 Å². The molecule has 2 aromatic carbocycles. The van der Waals surface area contributed by atoms with E-state index in [1.807, 2.05) is 23.1 Å². The van der Waals surface area contributed by atoms with Gasteiger partial charge < -0.3 is 10.3 Å². The molecule has 20 heavy (non-hydrogen) atoms. The fourth-order valence-corrected chi connectivity index (χ4v) is 2.56. The van der Waals surface area contributed by atoms with Crippen LogP contribution in [-0.4, -0.2) is 17.4 Å². The molecular weight excluding hydrogens is 250 g/mol. The molecule has 1 amide bonds. The molecule has 1 aliphatic rings. The number of anilines is 1. The second-order valence-corrected chi connectivity index (χ2v) is 4.97. The summed E-state index contributed by atoms with van der Waals surface area (Å²) in [5, 5.41) is 0. The van der Waals surface area contributed by atoms with E-state index < -0.39 is 0 Å². The fraction of sp³-hybridized carbons (Fsp3) is 0.188. The summed E-state index contributed by atoms with van der Waals surface area (Å²) in [4.78, 5) is 14.4. The zero-order valence-electron chi connectivity index (χ0n) is 11.2. The first-order chi connectivity index (χ1) is 9.78. The van der Waals surface area contributed by atoms with E-state index in [0.29, 0.717) is 12.1 Å². The average molecular weight is 267 g/mol. The number of hydrogen-bond acceptors (Lipinski definition) is 3. The number of fused-ring (bicyclic) bond motifs is 1. The van der Waals surface area contributed by atoms with Gasteiger partial charge in [-0.15, -0.1) is 0 Å². The number of nitrogens with two attached hydrogens (primary N) is 1. The molecular formula is C16H17N3O. The van der Waals surface area contributed by atoms with E-state index in [0.717, 1.165) is 18.7 Å². The van der Waals surface area contributed by atoms with E-state index in [4.69, 9.17) is 5.84 Å². The highest BCUT2D eigenvalue weighted by molar-refractivity contribution is 5.94. The van der Waals surface area contributed by atoms with Gasteiger partial charge in [0, 0.05) is 24.3 Å². The molecule has 0 fully saturated rings. The molecule has 4 nitrogen and oxygen atoms in total. The lowest BCUT2D eigenvalue weighted by molar-refractivity contribution is 0.0735. The second kappa shape index (κ2) is 5.35. The van der Waals surface area contributed by atoms with Crippen LogP contribution in [0.3, 0.4) is 0 Å². The lowest BCUT2D eigenvalue weighted by Crippen LogP contribution is -2.35. The molecule has 102 valence electrons. The third-order valence-corrected chi connectivity index (χ3v) is 3.72. The fourth-order valence-electron chi connectivity index (χ4n) is 2.56. The van der Waals surface area contributed by atoms with Crippen molar-refractivity contribution in [3.63, 3.8) is 0 Å². The monoisotopic (exact) mass is 267 g/mol. The van der Waals surface area contributed by atoms with Gasteiger partial charge in [0.1, 0.15) is 0 Å². The Hall–Kier alpha value is -2.33. The predicted molar refractivity (Wildman–Crippen MR) is 79.1 cm³/mol. The van der Waals surface area contributed by atoms with Gasteiger partial charge in [-0.25, -0.2) is 0 Å². The van der Waals surface area contributed by atoms with Crippen LogP contribution in [0, 0.1) is 0 Å². The maximum absolute atomic E-state index is 12.5. The molecule has 0 bridgehead atoms. The summed E-state index contributed by atoms with van der Waals surface area (Å²) in [6, 6.07) is 15.5. The Balaban J connectivity index is 1.78. The van der Waals surface area contributed by atoms with Gasteiger partial charge >= 0.3 is 0 Å². The van der Waals surface area contributed by atoms with Crippen LogP contribution in [0.15, 0.2) is 48.5 Å². The zero-order chi connectivity index (χ0) is 13.9. The Bertz CT molecular complexity index is 622. The van der Waals surface area contributed by atoms with Crippen LogP contribution < -0.4 is 11.3 Å². The van der Waals surface area contributed by atoms with Crippen molar-refractivity contribution >= 4 is 11.6 Å². The van der Waals surface area contributed by atoms with Crippen LogP contribution in [0.5, 0.6) is 0 Å². The van der Waals surface area contributed by atoms with Gasteiger partial charge in [0.25, 0.3) is 5.91 Å². The number of nitrogen functional groups attached to an aromatic ring is 1. The minimum atomic E-state index is 0.0723. The van der Waals surface area contributed by atoms with Crippen molar-refractivity contribution in [3.8, 4) is 0 Å². The predicted octanol–water partition coefficient (Wildman–Crippen LogP) is 2.17. The minimum Gasteiger partial charge on any atom is -0.334 e. The quantitative estimate of drug-likeness (QED) is 0.647. The molecule has 1 heterocycles. The number of carbonyl (C=O) groups excluding carboxylic acids is 1. The maximum Gasteiger partial charge on any atom is 0.254 e. The van der Waals surface area contributed by atoms with E-state index in [1.54, 1.807) is 12.1 Å². The van der Waals surface area contributed by atoms with E-state index in [9.17, 15) is 4.79 Å². The van der Waals surface area contributed by atoms with Gasteiger partial charge in [0.05, 0.1) is 0 Å². The van der Waals surface area contributed by atoms with E-state index in [1.165, 1.54) is 11.1 Å². The molecule has 0 aliphatic carbocycles. The van der Waals surface area contributed by atoms with Crippen molar-refractivity contribution in [2.75, 3.05) is 12.0 Å². The number of nitrogens with zero attached hydrogens (tertiary/aromatic N) is 1. The standard InChI is InChI=1S/C16H17N3O/c17-18-15-7-5-13(6-8-15)16(20)19-10-9-12-3-1-2-4-14(12)11-19/h1-8,18H,9-11,17H2. The number of benzene rings is 2. The largest absolute Gasteiger partial charge is 0.334 e. The summed E-state index contributed by atoms with van der Waals surface area (Å²) in [7, 11) is 0.